The number of benzene rings is 1. The maximum Gasteiger partial charge on any atom is 0.253 e. The Hall–Kier alpha value is -1.63. The minimum Gasteiger partial charge on any atom is -0.354 e. The normalized spacial score (nSPS) is 14.3. The number of nitrogens with one attached hydrogen (secondary N) is 2. The Kier molecular flexibility index (Phi) is 6.73. The van der Waals surface area contributed by atoms with Crippen molar-refractivity contribution in [3.8, 4) is 0 Å². The molecule has 0 saturated heterocycles. The van der Waals surface area contributed by atoms with E-state index in [2.05, 4.69) is 15.6 Å². The zero-order valence-electron chi connectivity index (χ0n) is 15.0. The molecule has 8 heteroatoms. The van der Waals surface area contributed by atoms with E-state index in [9.17, 15) is 9.59 Å². The van der Waals surface area contributed by atoms with Crippen molar-refractivity contribution in [3.63, 3.8) is 0 Å². The van der Waals surface area contributed by atoms with Gasteiger partial charge in [-0.2, -0.15) is 0 Å². The van der Waals surface area contributed by atoms with Gasteiger partial charge in [-0.15, -0.1) is 11.3 Å². The number of nitrogens with zero attached hydrogens (tertiary/aromatic N) is 1. The van der Waals surface area contributed by atoms with Gasteiger partial charge in [0.15, 0.2) is 0 Å². The molecule has 0 spiro atoms. The molecule has 1 aliphatic carbocycles. The highest BCUT2D eigenvalue weighted by Gasteiger charge is 2.19. The third kappa shape index (κ3) is 5.00. The number of rotatable bonds is 6. The van der Waals surface area contributed by atoms with Crippen molar-refractivity contribution in [2.45, 2.75) is 45.1 Å². The smallest absolute Gasteiger partial charge is 0.253 e. The van der Waals surface area contributed by atoms with Crippen LogP contribution in [0.25, 0.3) is 0 Å². The Balaban J connectivity index is 1.48. The largest absolute Gasteiger partial charge is 0.354 e. The van der Waals surface area contributed by atoms with Crippen LogP contribution in [0.2, 0.25) is 10.0 Å². The lowest BCUT2D eigenvalue weighted by Gasteiger charge is -2.14. The maximum absolute atomic E-state index is 12.3. The zero-order valence-corrected chi connectivity index (χ0v) is 17.3. The summed E-state index contributed by atoms with van der Waals surface area (Å²) in [6.45, 7) is 2.12. The van der Waals surface area contributed by atoms with E-state index < -0.39 is 11.9 Å². The fourth-order valence-corrected chi connectivity index (χ4v) is 4.52. The Morgan fingerprint density at radius 2 is 2.04 bits per heavy atom. The van der Waals surface area contributed by atoms with Gasteiger partial charge in [0, 0.05) is 17.8 Å². The molecule has 2 amide bonds. The molecule has 2 N–H and O–H groups in total. The summed E-state index contributed by atoms with van der Waals surface area (Å²) in [6.07, 6.45) is 5.33. The number of carbonyl (C=O) groups excluding carboxylic acids is 2. The van der Waals surface area contributed by atoms with Crippen molar-refractivity contribution in [1.29, 1.82) is 0 Å². The number of hydrogen-bond donors (Lipinski definition) is 2. The molecule has 0 aliphatic heterocycles. The van der Waals surface area contributed by atoms with E-state index in [0.29, 0.717) is 18.0 Å². The average Bonchev–Trinajstić information content (AvgIpc) is 3.06. The van der Waals surface area contributed by atoms with Gasteiger partial charge in [-0.25, -0.2) is 4.98 Å². The molecule has 1 heterocycles. The lowest BCUT2D eigenvalue weighted by atomic mass is 10.0. The van der Waals surface area contributed by atoms with Crippen LogP contribution >= 0.6 is 34.5 Å². The first-order chi connectivity index (χ1) is 13.0. The van der Waals surface area contributed by atoms with Gasteiger partial charge in [0.1, 0.15) is 6.04 Å². The van der Waals surface area contributed by atoms with Gasteiger partial charge >= 0.3 is 0 Å². The van der Waals surface area contributed by atoms with Crippen LogP contribution in [-0.2, 0) is 24.1 Å². The fraction of sp³-hybridized carbons (Fsp3) is 0.421. The summed E-state index contributed by atoms with van der Waals surface area (Å²) in [5.74, 6) is -0.680. The predicted molar refractivity (Wildman–Crippen MR) is 109 cm³/mol. The quantitative estimate of drug-likeness (QED) is 0.738. The van der Waals surface area contributed by atoms with Crippen LogP contribution in [0.1, 0.15) is 45.7 Å². The first kappa shape index (κ1) is 20.1. The SMILES string of the molecule is CC(NC(=O)c1cccc(Cl)c1Cl)C(=O)NCCc1nc2c(s1)CCCC2. The van der Waals surface area contributed by atoms with E-state index in [1.807, 2.05) is 0 Å². The van der Waals surface area contributed by atoms with Gasteiger partial charge in [0.25, 0.3) is 5.91 Å². The Morgan fingerprint density at radius 3 is 2.81 bits per heavy atom. The highest BCUT2D eigenvalue weighted by atomic mass is 35.5. The van der Waals surface area contributed by atoms with Gasteiger partial charge < -0.3 is 10.6 Å². The van der Waals surface area contributed by atoms with Crippen LogP contribution in [0.15, 0.2) is 18.2 Å². The highest BCUT2D eigenvalue weighted by molar-refractivity contribution is 7.11. The Morgan fingerprint density at radius 1 is 1.26 bits per heavy atom. The molecule has 5 nitrogen and oxygen atoms in total. The van der Waals surface area contributed by atoms with Gasteiger partial charge in [0.2, 0.25) is 5.91 Å². The number of aromatic nitrogens is 1. The molecule has 1 atom stereocenters. The number of carbonyl (C=O) groups is 2. The minimum atomic E-state index is -0.683. The zero-order chi connectivity index (χ0) is 19.4. The van der Waals surface area contributed by atoms with E-state index >= 15 is 0 Å². The number of thiazole rings is 1. The average molecular weight is 426 g/mol. The first-order valence-corrected chi connectivity index (χ1v) is 10.5. The van der Waals surface area contributed by atoms with Crippen LogP contribution in [-0.4, -0.2) is 29.4 Å². The van der Waals surface area contributed by atoms with Gasteiger partial charge in [-0.3, -0.25) is 9.59 Å². The molecule has 27 heavy (non-hydrogen) atoms. The summed E-state index contributed by atoms with van der Waals surface area (Å²) in [5, 5.41) is 7.03. The van der Waals surface area contributed by atoms with Crippen LogP contribution in [0.3, 0.4) is 0 Å². The van der Waals surface area contributed by atoms with Gasteiger partial charge in [0.05, 0.1) is 26.3 Å². The van der Waals surface area contributed by atoms with Crippen molar-refractivity contribution < 1.29 is 9.59 Å². The standard InChI is InChI=1S/C19H21Cl2N3O2S/c1-11(23-19(26)12-5-4-6-13(20)17(12)21)18(25)22-10-9-16-24-14-7-2-3-8-15(14)27-16/h4-6,11H,2-3,7-10H2,1H3,(H,22,25)(H,23,26). The molecule has 1 aromatic carbocycles. The molecule has 2 aromatic rings. The second-order valence-electron chi connectivity index (χ2n) is 6.52. The highest BCUT2D eigenvalue weighted by Crippen LogP contribution is 2.27. The van der Waals surface area contributed by atoms with Crippen molar-refractivity contribution in [2.75, 3.05) is 6.54 Å². The van der Waals surface area contributed by atoms with E-state index in [1.54, 1.807) is 36.5 Å². The summed E-state index contributed by atoms with van der Waals surface area (Å²) < 4.78 is 0. The second kappa shape index (κ2) is 9.04. The molecular weight excluding hydrogens is 405 g/mol. The molecular formula is C19H21Cl2N3O2S. The lowest BCUT2D eigenvalue weighted by molar-refractivity contribution is -0.122. The van der Waals surface area contributed by atoms with Crippen molar-refractivity contribution >= 4 is 46.4 Å². The molecule has 1 aliphatic rings. The monoisotopic (exact) mass is 425 g/mol. The van der Waals surface area contributed by atoms with Crippen molar-refractivity contribution in [3.05, 3.63) is 49.4 Å². The molecule has 0 bridgehead atoms. The minimum absolute atomic E-state index is 0.178. The number of hydrogen-bond acceptors (Lipinski definition) is 4. The topological polar surface area (TPSA) is 71.1 Å². The molecule has 1 aromatic heterocycles. The van der Waals surface area contributed by atoms with Gasteiger partial charge in [-0.05, 0) is 44.7 Å². The van der Waals surface area contributed by atoms with Crippen LogP contribution in [0, 0.1) is 0 Å². The Labute approximate surface area is 172 Å². The number of aryl methyl sites for hydroxylation is 2. The first-order valence-electron chi connectivity index (χ1n) is 8.95. The third-order valence-electron chi connectivity index (χ3n) is 4.47. The molecule has 0 fully saturated rings. The van der Waals surface area contributed by atoms with Crippen LogP contribution < -0.4 is 10.6 Å². The van der Waals surface area contributed by atoms with Crippen LogP contribution in [0.4, 0.5) is 0 Å². The number of fused-ring (bicyclic) bond motifs is 1. The molecule has 1 unspecified atom stereocenters. The van der Waals surface area contributed by atoms with Crippen molar-refractivity contribution in [2.24, 2.45) is 0 Å². The lowest BCUT2D eigenvalue weighted by Crippen LogP contribution is -2.45. The molecule has 3 rings (SSSR count). The Bertz CT molecular complexity index is 830. The van der Waals surface area contributed by atoms with E-state index in [4.69, 9.17) is 23.2 Å². The molecule has 0 radical (unpaired) electrons. The van der Waals surface area contributed by atoms with E-state index in [-0.39, 0.29) is 16.5 Å². The predicted octanol–water partition coefficient (Wildman–Crippen LogP) is 3.81. The number of amides is 2. The van der Waals surface area contributed by atoms with Crippen LogP contribution in [0.5, 0.6) is 0 Å². The van der Waals surface area contributed by atoms with Gasteiger partial charge in [-0.1, -0.05) is 29.3 Å². The maximum atomic E-state index is 12.3. The number of halogens is 2. The summed E-state index contributed by atoms with van der Waals surface area (Å²) in [5.41, 5.74) is 1.48. The molecule has 0 saturated carbocycles. The molecule has 144 valence electrons. The van der Waals surface area contributed by atoms with E-state index in [0.717, 1.165) is 17.8 Å². The summed E-state index contributed by atoms with van der Waals surface area (Å²) in [4.78, 5) is 30.6. The summed E-state index contributed by atoms with van der Waals surface area (Å²) >= 11 is 13.7. The fourth-order valence-electron chi connectivity index (χ4n) is 2.98. The van der Waals surface area contributed by atoms with E-state index in [1.165, 1.54) is 23.4 Å². The second-order valence-corrected chi connectivity index (χ2v) is 8.48. The van der Waals surface area contributed by atoms with Crippen molar-refractivity contribution in [1.82, 2.24) is 15.6 Å². The summed E-state index contributed by atoms with van der Waals surface area (Å²) in [6, 6.07) is 4.13. The summed E-state index contributed by atoms with van der Waals surface area (Å²) in [7, 11) is 0. The third-order valence-corrected chi connectivity index (χ3v) is 6.50.